The van der Waals surface area contributed by atoms with Crippen LogP contribution in [0.4, 0.5) is 0 Å². The second-order valence-electron chi connectivity index (χ2n) is 3.88. The highest BCUT2D eigenvalue weighted by atomic mass is 15.1. The molecule has 1 saturated carbocycles. The minimum atomic E-state index is 0.774. The lowest BCUT2D eigenvalue weighted by atomic mass is 10.3. The minimum absolute atomic E-state index is 0.774. The van der Waals surface area contributed by atoms with E-state index in [1.165, 1.54) is 32.2 Å². The summed E-state index contributed by atoms with van der Waals surface area (Å²) < 4.78 is 0. The second kappa shape index (κ2) is 6.01. The van der Waals surface area contributed by atoms with E-state index < -0.39 is 0 Å². The van der Waals surface area contributed by atoms with Crippen LogP contribution in [0.2, 0.25) is 0 Å². The van der Waals surface area contributed by atoms with E-state index >= 15 is 0 Å². The lowest BCUT2D eigenvalue weighted by Crippen LogP contribution is -2.22. The molecule has 0 unspecified atom stereocenters. The van der Waals surface area contributed by atoms with Crippen molar-refractivity contribution in [1.29, 1.82) is 0 Å². The van der Waals surface area contributed by atoms with Crippen molar-refractivity contribution in [3.05, 3.63) is 0 Å². The number of hydrogen-bond acceptors (Lipinski definition) is 2. The van der Waals surface area contributed by atoms with Gasteiger partial charge >= 0.3 is 0 Å². The molecule has 0 bridgehead atoms. The lowest BCUT2D eigenvalue weighted by molar-refractivity contribution is 0.363. The Labute approximate surface area is 81.7 Å². The van der Waals surface area contributed by atoms with Crippen LogP contribution >= 0.6 is 0 Å². The van der Waals surface area contributed by atoms with Crippen molar-refractivity contribution < 1.29 is 0 Å². The predicted molar refractivity (Wildman–Crippen MR) is 56.6 cm³/mol. The lowest BCUT2D eigenvalue weighted by Gasteiger charge is -2.12. The van der Waals surface area contributed by atoms with Crippen molar-refractivity contribution >= 4 is 0 Å². The summed E-state index contributed by atoms with van der Waals surface area (Å²) >= 11 is 0. The summed E-state index contributed by atoms with van der Waals surface area (Å²) in [4.78, 5) is 2.19. The van der Waals surface area contributed by atoms with Gasteiger partial charge in [0.2, 0.25) is 0 Å². The number of hydrogen-bond donors (Lipinski definition) is 1. The first-order valence-corrected chi connectivity index (χ1v) is 5.18. The summed E-state index contributed by atoms with van der Waals surface area (Å²) in [5, 5.41) is 3.50. The Kier molecular flexibility index (Phi) is 4.88. The first-order valence-electron chi connectivity index (χ1n) is 5.18. The standard InChI is InChI=1S/C11H20N2/c1-3-9-13(2)10-5-4-8-12-11-6-7-11/h1,11-12H,4-10H2,2H3. The van der Waals surface area contributed by atoms with Gasteiger partial charge in [-0.05, 0) is 45.8 Å². The maximum absolute atomic E-state index is 5.20. The fourth-order valence-corrected chi connectivity index (χ4v) is 1.34. The van der Waals surface area contributed by atoms with Gasteiger partial charge in [0.25, 0.3) is 0 Å². The van der Waals surface area contributed by atoms with Gasteiger partial charge in [-0.25, -0.2) is 0 Å². The molecular formula is C11H20N2. The molecule has 0 spiro atoms. The van der Waals surface area contributed by atoms with Crippen molar-refractivity contribution in [2.24, 2.45) is 0 Å². The normalized spacial score (nSPS) is 16.1. The Hall–Kier alpha value is -0.520. The topological polar surface area (TPSA) is 15.3 Å². The highest BCUT2D eigenvalue weighted by Gasteiger charge is 2.19. The largest absolute Gasteiger partial charge is 0.314 e. The summed E-state index contributed by atoms with van der Waals surface area (Å²) in [6, 6.07) is 0.850. The van der Waals surface area contributed by atoms with E-state index in [1.54, 1.807) is 0 Å². The van der Waals surface area contributed by atoms with E-state index in [9.17, 15) is 0 Å². The Morgan fingerprint density at radius 3 is 2.85 bits per heavy atom. The first-order chi connectivity index (χ1) is 6.33. The Morgan fingerprint density at radius 2 is 2.23 bits per heavy atom. The van der Waals surface area contributed by atoms with Crippen LogP contribution in [-0.2, 0) is 0 Å². The molecule has 0 atom stereocenters. The van der Waals surface area contributed by atoms with Crippen LogP contribution in [-0.4, -0.2) is 37.6 Å². The Bertz CT molecular complexity index is 167. The van der Waals surface area contributed by atoms with E-state index in [1.807, 2.05) is 0 Å². The van der Waals surface area contributed by atoms with Gasteiger partial charge < -0.3 is 5.32 Å². The first kappa shape index (κ1) is 10.6. The van der Waals surface area contributed by atoms with Crippen LogP contribution in [0.5, 0.6) is 0 Å². The molecular weight excluding hydrogens is 160 g/mol. The third-order valence-corrected chi connectivity index (χ3v) is 2.34. The zero-order valence-corrected chi connectivity index (χ0v) is 8.55. The molecule has 1 aliphatic carbocycles. The molecule has 0 amide bonds. The maximum atomic E-state index is 5.20. The van der Waals surface area contributed by atoms with Crippen LogP contribution in [0.15, 0.2) is 0 Å². The quantitative estimate of drug-likeness (QED) is 0.466. The minimum Gasteiger partial charge on any atom is -0.314 e. The summed E-state index contributed by atoms with van der Waals surface area (Å²) in [6.07, 6.45) is 10.5. The summed E-state index contributed by atoms with van der Waals surface area (Å²) in [6.45, 7) is 3.07. The molecule has 0 heterocycles. The fourth-order valence-electron chi connectivity index (χ4n) is 1.34. The monoisotopic (exact) mass is 180 g/mol. The number of terminal acetylenes is 1. The zero-order chi connectivity index (χ0) is 9.52. The molecule has 13 heavy (non-hydrogen) atoms. The fraction of sp³-hybridized carbons (Fsp3) is 0.818. The van der Waals surface area contributed by atoms with Gasteiger partial charge in [0.1, 0.15) is 0 Å². The van der Waals surface area contributed by atoms with Gasteiger partial charge in [-0.2, -0.15) is 0 Å². The highest BCUT2D eigenvalue weighted by Crippen LogP contribution is 2.18. The third-order valence-electron chi connectivity index (χ3n) is 2.34. The molecule has 1 fully saturated rings. The Morgan fingerprint density at radius 1 is 1.46 bits per heavy atom. The summed E-state index contributed by atoms with van der Waals surface area (Å²) in [5.41, 5.74) is 0. The van der Waals surface area contributed by atoms with E-state index in [2.05, 4.69) is 23.2 Å². The SMILES string of the molecule is C#CCN(C)CCCCNC1CC1. The average molecular weight is 180 g/mol. The molecule has 1 rings (SSSR count). The smallest absolute Gasteiger partial charge is 0.0596 e. The molecule has 74 valence electrons. The van der Waals surface area contributed by atoms with E-state index in [0.717, 1.165) is 19.1 Å². The van der Waals surface area contributed by atoms with Crippen LogP contribution in [0.1, 0.15) is 25.7 Å². The van der Waals surface area contributed by atoms with Crippen LogP contribution < -0.4 is 5.32 Å². The third kappa shape index (κ3) is 5.68. The van der Waals surface area contributed by atoms with Crippen molar-refractivity contribution in [3.63, 3.8) is 0 Å². The van der Waals surface area contributed by atoms with Gasteiger partial charge in [-0.1, -0.05) is 5.92 Å². The number of rotatable bonds is 7. The van der Waals surface area contributed by atoms with Gasteiger partial charge in [0.05, 0.1) is 6.54 Å². The van der Waals surface area contributed by atoms with Crippen LogP contribution in [0, 0.1) is 12.3 Å². The number of nitrogens with one attached hydrogen (secondary N) is 1. The maximum Gasteiger partial charge on any atom is 0.0596 e. The second-order valence-corrected chi connectivity index (χ2v) is 3.88. The molecule has 0 saturated heterocycles. The predicted octanol–water partition coefficient (Wildman–Crippen LogP) is 1.08. The van der Waals surface area contributed by atoms with Crippen LogP contribution in [0.25, 0.3) is 0 Å². The van der Waals surface area contributed by atoms with Gasteiger partial charge in [-0.15, -0.1) is 6.42 Å². The van der Waals surface area contributed by atoms with E-state index in [-0.39, 0.29) is 0 Å². The van der Waals surface area contributed by atoms with Crippen LogP contribution in [0.3, 0.4) is 0 Å². The highest BCUT2D eigenvalue weighted by molar-refractivity contribution is 4.87. The van der Waals surface area contributed by atoms with Gasteiger partial charge in [0, 0.05) is 6.04 Å². The molecule has 0 aromatic rings. The molecule has 1 aliphatic rings. The Balaban J connectivity index is 1.79. The number of nitrogens with zero attached hydrogens (tertiary/aromatic N) is 1. The van der Waals surface area contributed by atoms with E-state index in [4.69, 9.17) is 6.42 Å². The molecule has 1 N–H and O–H groups in total. The van der Waals surface area contributed by atoms with Crippen molar-refractivity contribution in [2.45, 2.75) is 31.7 Å². The zero-order valence-electron chi connectivity index (χ0n) is 8.55. The van der Waals surface area contributed by atoms with Crippen molar-refractivity contribution in [2.75, 3.05) is 26.7 Å². The number of unbranched alkanes of at least 4 members (excludes halogenated alkanes) is 1. The molecule has 2 heteroatoms. The molecule has 0 aromatic heterocycles. The average Bonchev–Trinajstić information content (AvgIpc) is 2.88. The van der Waals surface area contributed by atoms with Gasteiger partial charge in [0.15, 0.2) is 0 Å². The molecule has 0 aliphatic heterocycles. The molecule has 0 radical (unpaired) electrons. The van der Waals surface area contributed by atoms with Gasteiger partial charge in [-0.3, -0.25) is 4.90 Å². The van der Waals surface area contributed by atoms with E-state index in [0.29, 0.717) is 0 Å². The summed E-state index contributed by atoms with van der Waals surface area (Å²) in [7, 11) is 2.08. The molecule has 2 nitrogen and oxygen atoms in total. The van der Waals surface area contributed by atoms with Crippen molar-refractivity contribution in [3.8, 4) is 12.3 Å². The summed E-state index contributed by atoms with van der Waals surface area (Å²) in [5.74, 6) is 2.65. The van der Waals surface area contributed by atoms with Crippen molar-refractivity contribution in [1.82, 2.24) is 10.2 Å². The molecule has 0 aromatic carbocycles.